The van der Waals surface area contributed by atoms with E-state index in [1.165, 1.54) is 0 Å². The van der Waals surface area contributed by atoms with Crippen LogP contribution >= 0.6 is 0 Å². The first kappa shape index (κ1) is 12.9. The third kappa shape index (κ3) is 2.89. The van der Waals surface area contributed by atoms with Gasteiger partial charge in [0.1, 0.15) is 0 Å². The summed E-state index contributed by atoms with van der Waals surface area (Å²) in [6.07, 6.45) is 8.32. The molecule has 0 spiro atoms. The fourth-order valence-electron chi connectivity index (χ4n) is 1.84. The Hall–Kier alpha value is -3.16. The predicted octanol–water partition coefficient (Wildman–Crippen LogP) is 1.64. The van der Waals surface area contributed by atoms with Crippen molar-refractivity contribution in [3.63, 3.8) is 0 Å². The zero-order valence-electron chi connectivity index (χ0n) is 11.3. The highest BCUT2D eigenvalue weighted by molar-refractivity contribution is 6.00. The van der Waals surface area contributed by atoms with Gasteiger partial charge in [-0.2, -0.15) is 10.2 Å². The van der Waals surface area contributed by atoms with Gasteiger partial charge in [0.25, 0.3) is 0 Å². The van der Waals surface area contributed by atoms with Gasteiger partial charge in [0.2, 0.25) is 0 Å². The maximum absolute atomic E-state index is 12.0. The largest absolute Gasteiger partial charge is 0.323 e. The van der Waals surface area contributed by atoms with Gasteiger partial charge < -0.3 is 10.6 Å². The molecule has 8 nitrogen and oxygen atoms in total. The average molecular weight is 283 g/mol. The molecule has 0 aromatic carbocycles. The van der Waals surface area contributed by atoms with Crippen molar-refractivity contribution in [2.45, 2.75) is 0 Å². The van der Waals surface area contributed by atoms with Crippen molar-refractivity contribution in [3.8, 4) is 5.82 Å². The second-order valence-corrected chi connectivity index (χ2v) is 4.31. The molecular weight excluding hydrogens is 270 g/mol. The molecule has 0 aliphatic carbocycles. The van der Waals surface area contributed by atoms with Gasteiger partial charge in [-0.25, -0.2) is 14.5 Å². The number of aryl methyl sites for hydroxylation is 1. The van der Waals surface area contributed by atoms with E-state index >= 15 is 0 Å². The summed E-state index contributed by atoms with van der Waals surface area (Å²) in [6, 6.07) is 4.91. The lowest BCUT2D eigenvalue weighted by atomic mass is 10.4. The zero-order valence-corrected chi connectivity index (χ0v) is 11.3. The second kappa shape index (κ2) is 5.45. The van der Waals surface area contributed by atoms with Crippen molar-refractivity contribution in [1.82, 2.24) is 24.5 Å². The summed E-state index contributed by atoms with van der Waals surface area (Å²) < 4.78 is 3.19. The summed E-state index contributed by atoms with van der Waals surface area (Å²) in [5.41, 5.74) is 1.17. The molecular formula is C13H13N7O. The molecule has 0 bridgehead atoms. The zero-order chi connectivity index (χ0) is 14.7. The van der Waals surface area contributed by atoms with E-state index in [2.05, 4.69) is 25.8 Å². The molecule has 21 heavy (non-hydrogen) atoms. The SMILES string of the molecule is Cn1cc(NC(=O)Nc2cccnc2-n2cccn2)cn1. The fourth-order valence-corrected chi connectivity index (χ4v) is 1.84. The van der Waals surface area contributed by atoms with Crippen molar-refractivity contribution < 1.29 is 4.79 Å². The van der Waals surface area contributed by atoms with E-state index in [-0.39, 0.29) is 6.03 Å². The Labute approximate surface area is 120 Å². The second-order valence-electron chi connectivity index (χ2n) is 4.31. The molecule has 8 heteroatoms. The topological polar surface area (TPSA) is 89.7 Å². The van der Waals surface area contributed by atoms with E-state index in [1.807, 2.05) is 0 Å². The minimum atomic E-state index is -0.371. The van der Waals surface area contributed by atoms with Crippen LogP contribution in [-0.4, -0.2) is 30.6 Å². The van der Waals surface area contributed by atoms with E-state index in [0.29, 0.717) is 17.2 Å². The number of aromatic nitrogens is 5. The smallest absolute Gasteiger partial charge is 0.305 e. The van der Waals surface area contributed by atoms with Crippen LogP contribution in [0.3, 0.4) is 0 Å². The lowest BCUT2D eigenvalue weighted by Crippen LogP contribution is -2.20. The number of anilines is 2. The number of hydrogen-bond acceptors (Lipinski definition) is 4. The highest BCUT2D eigenvalue weighted by Crippen LogP contribution is 2.16. The Morgan fingerprint density at radius 2 is 2.10 bits per heavy atom. The monoisotopic (exact) mass is 283 g/mol. The molecule has 0 aliphatic heterocycles. The van der Waals surface area contributed by atoms with Gasteiger partial charge >= 0.3 is 6.03 Å². The van der Waals surface area contributed by atoms with Crippen LogP contribution in [0.15, 0.2) is 49.2 Å². The maximum atomic E-state index is 12.0. The fraction of sp³-hybridized carbons (Fsp3) is 0.0769. The van der Waals surface area contributed by atoms with Crippen LogP contribution in [0.1, 0.15) is 0 Å². The molecule has 0 atom stereocenters. The van der Waals surface area contributed by atoms with Crippen LogP contribution in [-0.2, 0) is 7.05 Å². The summed E-state index contributed by atoms with van der Waals surface area (Å²) in [6.45, 7) is 0. The van der Waals surface area contributed by atoms with Crippen LogP contribution in [0, 0.1) is 0 Å². The third-order valence-electron chi connectivity index (χ3n) is 2.72. The molecule has 3 aromatic rings. The van der Waals surface area contributed by atoms with Gasteiger partial charge in [0.05, 0.1) is 17.6 Å². The number of urea groups is 1. The molecule has 0 unspecified atom stereocenters. The summed E-state index contributed by atoms with van der Waals surface area (Å²) in [5.74, 6) is 0.545. The number of amides is 2. The van der Waals surface area contributed by atoms with Crippen molar-refractivity contribution in [1.29, 1.82) is 0 Å². The number of pyridine rings is 1. The molecule has 0 fully saturated rings. The lowest BCUT2D eigenvalue weighted by molar-refractivity contribution is 0.262. The van der Waals surface area contributed by atoms with E-state index in [1.54, 1.807) is 65.6 Å². The Morgan fingerprint density at radius 3 is 2.81 bits per heavy atom. The van der Waals surface area contributed by atoms with Crippen molar-refractivity contribution in [2.24, 2.45) is 7.05 Å². The third-order valence-corrected chi connectivity index (χ3v) is 2.72. The Balaban J connectivity index is 1.77. The minimum absolute atomic E-state index is 0.371. The van der Waals surface area contributed by atoms with Gasteiger partial charge in [0, 0.05) is 31.8 Å². The summed E-state index contributed by atoms with van der Waals surface area (Å²) in [7, 11) is 1.78. The molecule has 2 amide bonds. The Kier molecular flexibility index (Phi) is 3.34. The van der Waals surface area contributed by atoms with Crippen LogP contribution < -0.4 is 10.6 Å². The molecule has 2 N–H and O–H groups in total. The molecule has 3 aromatic heterocycles. The first-order valence-corrected chi connectivity index (χ1v) is 6.24. The molecule has 3 heterocycles. The predicted molar refractivity (Wildman–Crippen MR) is 77.2 cm³/mol. The van der Waals surface area contributed by atoms with Crippen LogP contribution in [0.4, 0.5) is 16.2 Å². The van der Waals surface area contributed by atoms with E-state index in [4.69, 9.17) is 0 Å². The highest BCUT2D eigenvalue weighted by atomic mass is 16.2. The van der Waals surface area contributed by atoms with Gasteiger partial charge in [0.15, 0.2) is 5.82 Å². The van der Waals surface area contributed by atoms with Gasteiger partial charge in [-0.15, -0.1) is 0 Å². The lowest BCUT2D eigenvalue weighted by Gasteiger charge is -2.10. The van der Waals surface area contributed by atoms with E-state index < -0.39 is 0 Å². The van der Waals surface area contributed by atoms with Gasteiger partial charge in [-0.3, -0.25) is 4.68 Å². The first-order valence-electron chi connectivity index (χ1n) is 6.24. The van der Waals surface area contributed by atoms with Gasteiger partial charge in [-0.1, -0.05) is 0 Å². The number of nitrogens with one attached hydrogen (secondary N) is 2. The van der Waals surface area contributed by atoms with Crippen LogP contribution in [0.2, 0.25) is 0 Å². The highest BCUT2D eigenvalue weighted by Gasteiger charge is 2.10. The number of nitrogens with zero attached hydrogens (tertiary/aromatic N) is 5. The van der Waals surface area contributed by atoms with Crippen LogP contribution in [0.25, 0.3) is 5.82 Å². The van der Waals surface area contributed by atoms with Crippen molar-refractivity contribution in [3.05, 3.63) is 49.2 Å². The van der Waals surface area contributed by atoms with E-state index in [9.17, 15) is 4.79 Å². The van der Waals surface area contributed by atoms with Crippen molar-refractivity contribution in [2.75, 3.05) is 10.6 Å². The maximum Gasteiger partial charge on any atom is 0.323 e. The average Bonchev–Trinajstić information content (AvgIpc) is 3.11. The van der Waals surface area contributed by atoms with E-state index in [0.717, 1.165) is 0 Å². The number of carbonyl (C=O) groups is 1. The Morgan fingerprint density at radius 1 is 1.19 bits per heavy atom. The molecule has 0 aliphatic rings. The molecule has 0 saturated carbocycles. The standard InChI is InChI=1S/C13H13N7O/c1-19-9-10(8-16-19)17-13(21)18-11-4-2-5-14-12(11)20-7-3-6-15-20/h2-9H,1H3,(H2,17,18,21). The minimum Gasteiger partial charge on any atom is -0.305 e. The van der Waals surface area contributed by atoms with Gasteiger partial charge in [-0.05, 0) is 18.2 Å². The first-order chi connectivity index (χ1) is 10.2. The Bertz CT molecular complexity index is 747. The molecule has 0 radical (unpaired) electrons. The number of carbonyl (C=O) groups excluding carboxylic acids is 1. The molecule has 0 saturated heterocycles. The summed E-state index contributed by atoms with van der Waals surface area (Å²) in [5, 5.41) is 13.5. The quantitative estimate of drug-likeness (QED) is 0.764. The van der Waals surface area contributed by atoms with Crippen LogP contribution in [0.5, 0.6) is 0 Å². The molecule has 106 valence electrons. The summed E-state index contributed by atoms with van der Waals surface area (Å²) in [4.78, 5) is 16.2. The van der Waals surface area contributed by atoms with Crippen molar-refractivity contribution >= 4 is 17.4 Å². The summed E-state index contributed by atoms with van der Waals surface area (Å²) >= 11 is 0. The molecule has 3 rings (SSSR count). The normalized spacial score (nSPS) is 10.3. The number of hydrogen-bond donors (Lipinski definition) is 2. The number of rotatable bonds is 3.